The average molecular weight is 390 g/mol. The molecule has 5 heterocycles. The molecule has 0 amide bonds. The number of aryl methyl sites for hydroxylation is 1. The summed E-state index contributed by atoms with van der Waals surface area (Å²) in [5, 5.41) is 1.71. The molecule has 3 atom stereocenters. The van der Waals surface area contributed by atoms with E-state index in [1.807, 2.05) is 42.5 Å². The van der Waals surface area contributed by atoms with Gasteiger partial charge in [-0.2, -0.15) is 0 Å². The Labute approximate surface area is 169 Å². The van der Waals surface area contributed by atoms with E-state index in [4.69, 9.17) is 4.99 Å². The molecule has 1 saturated heterocycles. The van der Waals surface area contributed by atoms with Gasteiger partial charge in [-0.05, 0) is 49.7 Å². The van der Waals surface area contributed by atoms with Crippen LogP contribution in [0.1, 0.15) is 41.7 Å². The molecule has 2 aliphatic heterocycles. The summed E-state index contributed by atoms with van der Waals surface area (Å²) in [7, 11) is 0. The molecule has 0 bridgehead atoms. The Hall–Kier alpha value is -2.60. The molecule has 0 unspecified atom stereocenters. The quantitative estimate of drug-likeness (QED) is 0.663. The number of rotatable bonds is 3. The fourth-order valence-corrected chi connectivity index (χ4v) is 5.52. The van der Waals surface area contributed by atoms with Gasteiger partial charge in [0.25, 0.3) is 0 Å². The molecule has 0 spiro atoms. The van der Waals surface area contributed by atoms with Gasteiger partial charge in [-0.15, -0.1) is 0 Å². The van der Waals surface area contributed by atoms with Crippen LogP contribution in [0, 0.1) is 13.8 Å². The van der Waals surface area contributed by atoms with Gasteiger partial charge >= 0.3 is 0 Å². The first kappa shape index (κ1) is 17.5. The van der Waals surface area contributed by atoms with Crippen LogP contribution < -0.4 is 0 Å². The molecule has 0 aliphatic carbocycles. The van der Waals surface area contributed by atoms with Crippen LogP contribution in [0.2, 0.25) is 0 Å². The Kier molecular flexibility index (Phi) is 4.23. The summed E-state index contributed by atoms with van der Waals surface area (Å²) >= 11 is 1.88. The van der Waals surface area contributed by atoms with E-state index in [1.54, 1.807) is 0 Å². The summed E-state index contributed by atoms with van der Waals surface area (Å²) in [5.41, 5.74) is 5.92. The second kappa shape index (κ2) is 6.78. The number of hydrogen-bond donors (Lipinski definition) is 0. The summed E-state index contributed by atoms with van der Waals surface area (Å²) in [6.07, 6.45) is 5.60. The van der Waals surface area contributed by atoms with Crippen LogP contribution >= 0.6 is 11.8 Å². The van der Waals surface area contributed by atoms with E-state index in [2.05, 4.69) is 64.5 Å². The molecule has 142 valence electrons. The number of amidine groups is 1. The highest BCUT2D eigenvalue weighted by molar-refractivity contribution is 8.14. The Bertz CT molecular complexity index is 1030. The molecule has 3 aromatic heterocycles. The lowest BCUT2D eigenvalue weighted by molar-refractivity contribution is 0.320. The van der Waals surface area contributed by atoms with E-state index in [0.717, 1.165) is 23.1 Å². The van der Waals surface area contributed by atoms with Gasteiger partial charge in [0.1, 0.15) is 6.04 Å². The number of pyridine rings is 2. The number of hydrogen-bond acceptors (Lipinski definition) is 5. The lowest BCUT2D eigenvalue weighted by atomic mass is 9.96. The Morgan fingerprint density at radius 3 is 2.75 bits per heavy atom. The SMILES string of the molecule is Cc1cc([C@H]2[C@H](c3ccccn3)N=C3S[C@@H](C)CN32)c(C)n1-c1cccnc1. The highest BCUT2D eigenvalue weighted by Crippen LogP contribution is 2.48. The van der Waals surface area contributed by atoms with Crippen LogP contribution in [0.5, 0.6) is 0 Å². The minimum absolute atomic E-state index is 0.0269. The van der Waals surface area contributed by atoms with Gasteiger partial charge in [0.05, 0.1) is 23.6 Å². The van der Waals surface area contributed by atoms with Crippen LogP contribution in [0.25, 0.3) is 5.69 Å². The van der Waals surface area contributed by atoms with Crippen molar-refractivity contribution in [2.24, 2.45) is 4.99 Å². The summed E-state index contributed by atoms with van der Waals surface area (Å²) in [5.74, 6) is 0. The molecule has 0 N–H and O–H groups in total. The molecule has 1 fully saturated rings. The highest BCUT2D eigenvalue weighted by Gasteiger charge is 2.44. The van der Waals surface area contributed by atoms with Crippen molar-refractivity contribution in [3.8, 4) is 5.69 Å². The fraction of sp³-hybridized carbons (Fsp3) is 0.318. The molecule has 0 radical (unpaired) electrons. The zero-order valence-corrected chi connectivity index (χ0v) is 17.1. The molecule has 0 aromatic carbocycles. The molecule has 2 aliphatic rings. The Balaban J connectivity index is 1.63. The van der Waals surface area contributed by atoms with Crippen molar-refractivity contribution in [3.05, 3.63) is 77.6 Å². The topological polar surface area (TPSA) is 46.3 Å². The number of aliphatic imine (C=N–C) groups is 1. The third kappa shape index (κ3) is 2.75. The minimum Gasteiger partial charge on any atom is -0.341 e. The Morgan fingerprint density at radius 2 is 2.00 bits per heavy atom. The molecule has 3 aromatic rings. The third-order valence-corrected chi connectivity index (χ3v) is 6.68. The summed E-state index contributed by atoms with van der Waals surface area (Å²) in [4.78, 5) is 16.5. The highest BCUT2D eigenvalue weighted by atomic mass is 32.2. The van der Waals surface area contributed by atoms with Gasteiger partial charge in [-0.3, -0.25) is 15.0 Å². The first-order valence-electron chi connectivity index (χ1n) is 9.65. The molecule has 6 heteroatoms. The molecule has 5 rings (SSSR count). The molecule has 28 heavy (non-hydrogen) atoms. The largest absolute Gasteiger partial charge is 0.341 e. The van der Waals surface area contributed by atoms with Crippen molar-refractivity contribution in [1.82, 2.24) is 19.4 Å². The van der Waals surface area contributed by atoms with Crippen molar-refractivity contribution in [2.45, 2.75) is 38.1 Å². The van der Waals surface area contributed by atoms with Gasteiger partial charge < -0.3 is 9.47 Å². The molecule has 5 nitrogen and oxygen atoms in total. The van der Waals surface area contributed by atoms with Crippen LogP contribution in [0.3, 0.4) is 0 Å². The van der Waals surface area contributed by atoms with E-state index < -0.39 is 0 Å². The first-order chi connectivity index (χ1) is 13.6. The predicted octanol–water partition coefficient (Wildman–Crippen LogP) is 4.47. The van der Waals surface area contributed by atoms with Crippen molar-refractivity contribution >= 4 is 16.9 Å². The van der Waals surface area contributed by atoms with E-state index >= 15 is 0 Å². The van der Waals surface area contributed by atoms with Gasteiger partial charge in [-0.1, -0.05) is 24.8 Å². The van der Waals surface area contributed by atoms with Gasteiger partial charge in [0, 0.05) is 35.6 Å². The standard InChI is InChI=1S/C22H23N5S/c1-14-11-18(16(3)27(14)17-7-6-9-23-12-17)21-20(19-8-4-5-10-24-19)25-22-26(21)13-15(2)28-22/h4-12,15,20-21H,13H2,1-3H3/t15-,20-,21-/m0/s1. The normalized spacial score (nSPS) is 23.8. The Morgan fingerprint density at radius 1 is 1.11 bits per heavy atom. The van der Waals surface area contributed by atoms with Crippen LogP contribution in [-0.2, 0) is 0 Å². The van der Waals surface area contributed by atoms with Gasteiger partial charge in [-0.25, -0.2) is 0 Å². The van der Waals surface area contributed by atoms with Crippen LogP contribution in [0.4, 0.5) is 0 Å². The van der Waals surface area contributed by atoms with Crippen molar-refractivity contribution in [2.75, 3.05) is 6.54 Å². The summed E-state index contributed by atoms with van der Waals surface area (Å²) in [6.45, 7) is 7.66. The monoisotopic (exact) mass is 389 g/mol. The van der Waals surface area contributed by atoms with Gasteiger partial charge in [0.2, 0.25) is 0 Å². The maximum atomic E-state index is 5.10. The average Bonchev–Trinajstić information content (AvgIpc) is 3.33. The smallest absolute Gasteiger partial charge is 0.160 e. The van der Waals surface area contributed by atoms with Crippen molar-refractivity contribution in [3.63, 3.8) is 0 Å². The van der Waals surface area contributed by atoms with Crippen LogP contribution in [0.15, 0.2) is 60.0 Å². The molecule has 0 saturated carbocycles. The fourth-order valence-electron chi connectivity index (χ4n) is 4.42. The number of fused-ring (bicyclic) bond motifs is 1. The van der Waals surface area contributed by atoms with E-state index in [9.17, 15) is 0 Å². The van der Waals surface area contributed by atoms with Gasteiger partial charge in [0.15, 0.2) is 5.17 Å². The summed E-state index contributed by atoms with van der Waals surface area (Å²) in [6, 6.07) is 12.7. The second-order valence-electron chi connectivity index (χ2n) is 7.51. The lowest BCUT2D eigenvalue weighted by Gasteiger charge is -2.27. The molecular formula is C22H23N5S. The maximum Gasteiger partial charge on any atom is 0.160 e. The number of nitrogens with zero attached hydrogens (tertiary/aromatic N) is 5. The van der Waals surface area contributed by atoms with E-state index in [1.165, 1.54) is 17.0 Å². The van der Waals surface area contributed by atoms with E-state index in [-0.39, 0.29) is 12.1 Å². The zero-order chi connectivity index (χ0) is 19.3. The number of aromatic nitrogens is 3. The molecular weight excluding hydrogens is 366 g/mol. The summed E-state index contributed by atoms with van der Waals surface area (Å²) < 4.78 is 2.29. The number of thioether (sulfide) groups is 1. The third-order valence-electron chi connectivity index (χ3n) is 5.57. The van der Waals surface area contributed by atoms with E-state index in [0.29, 0.717) is 5.25 Å². The zero-order valence-electron chi connectivity index (χ0n) is 16.3. The predicted molar refractivity (Wildman–Crippen MR) is 114 cm³/mol. The van der Waals surface area contributed by atoms with Crippen LogP contribution in [-0.4, -0.2) is 36.4 Å². The van der Waals surface area contributed by atoms with Crippen molar-refractivity contribution in [1.29, 1.82) is 0 Å². The minimum atomic E-state index is 0.0269. The maximum absolute atomic E-state index is 5.10. The lowest BCUT2D eigenvalue weighted by Crippen LogP contribution is -2.28. The first-order valence-corrected chi connectivity index (χ1v) is 10.5. The van der Waals surface area contributed by atoms with Crippen molar-refractivity contribution < 1.29 is 0 Å². The second-order valence-corrected chi connectivity index (χ2v) is 8.92.